The number of hydrogen-bond donors (Lipinski definition) is 0. The highest BCUT2D eigenvalue weighted by atomic mass is 16.3. The van der Waals surface area contributed by atoms with Gasteiger partial charge in [0.25, 0.3) is 0 Å². The maximum Gasteiger partial charge on any atom is 0.144 e. The van der Waals surface area contributed by atoms with Crippen LogP contribution in [0.2, 0.25) is 0 Å². The van der Waals surface area contributed by atoms with Gasteiger partial charge in [-0.25, -0.2) is 0 Å². The SMILES string of the molecule is CC1(C)c2cc(N(c3ccc4c(c3)C(C)(C)c3c5c(c6c(oc7ccccc76)c3-4)-c3ccccc3C5(C)C)c3ccc4c(c3)C3(c5ccccc5-c5ccccc53)c3ccccc3-4)ccc2-c2cc3c(cc21)-c1c(ccc2oc4ccccc4c12)C3(C)C. The molecule has 0 aliphatic heterocycles. The van der Waals surface area contributed by atoms with E-state index in [4.69, 9.17) is 8.83 Å². The van der Waals surface area contributed by atoms with Crippen molar-refractivity contribution in [2.75, 3.05) is 4.90 Å². The number of benzene rings is 12. The van der Waals surface area contributed by atoms with Gasteiger partial charge in [-0.3, -0.25) is 0 Å². The summed E-state index contributed by atoms with van der Waals surface area (Å²) >= 11 is 0. The molecule has 1 spiro atoms. The van der Waals surface area contributed by atoms with Crippen LogP contribution in [0.5, 0.6) is 0 Å². The Bertz CT molecular complexity index is 5530. The minimum Gasteiger partial charge on any atom is -0.456 e. The summed E-state index contributed by atoms with van der Waals surface area (Å²) in [6.07, 6.45) is 0. The molecule has 0 amide bonds. The molecular formula is C85H61NO2. The van der Waals surface area contributed by atoms with Crippen molar-refractivity contribution in [3.05, 3.63) is 291 Å². The molecule has 0 unspecified atom stereocenters. The zero-order valence-corrected chi connectivity index (χ0v) is 50.6. The molecule has 3 nitrogen and oxygen atoms in total. The molecular weight excluding hydrogens is 1070 g/mol. The third kappa shape index (κ3) is 5.62. The van der Waals surface area contributed by atoms with Gasteiger partial charge in [-0.15, -0.1) is 0 Å². The van der Waals surface area contributed by atoms with E-state index < -0.39 is 10.8 Å². The number of fused-ring (bicyclic) bond motifs is 32. The minimum absolute atomic E-state index is 0.210. The minimum atomic E-state index is -0.506. The molecule has 3 heteroatoms. The van der Waals surface area contributed by atoms with Crippen LogP contribution in [0, 0.1) is 0 Å². The molecule has 0 saturated heterocycles. The molecule has 88 heavy (non-hydrogen) atoms. The lowest BCUT2D eigenvalue weighted by molar-refractivity contribution is 0.600. The third-order valence-corrected chi connectivity index (χ3v) is 22.6. The predicted octanol–water partition coefficient (Wildman–Crippen LogP) is 22.5. The van der Waals surface area contributed by atoms with Crippen LogP contribution in [0.15, 0.2) is 233 Å². The summed E-state index contributed by atoms with van der Waals surface area (Å²) in [6, 6.07) is 85.6. The topological polar surface area (TPSA) is 29.5 Å². The number of hydrogen-bond acceptors (Lipinski definition) is 3. The van der Waals surface area contributed by atoms with Gasteiger partial charge >= 0.3 is 0 Å². The second kappa shape index (κ2) is 16.0. The average Bonchev–Trinajstić information content (AvgIpc) is 1.53. The summed E-state index contributed by atoms with van der Waals surface area (Å²) in [7, 11) is 0. The van der Waals surface area contributed by atoms with Crippen molar-refractivity contribution in [1.29, 1.82) is 0 Å². The van der Waals surface area contributed by atoms with Crippen LogP contribution in [0.1, 0.15) is 122 Å². The Morgan fingerprint density at radius 1 is 0.261 bits per heavy atom. The van der Waals surface area contributed by atoms with Gasteiger partial charge in [0.05, 0.1) is 5.41 Å². The highest BCUT2D eigenvalue weighted by Crippen LogP contribution is 2.67. The van der Waals surface area contributed by atoms with Crippen LogP contribution in [0.4, 0.5) is 17.1 Å². The van der Waals surface area contributed by atoms with Gasteiger partial charge in [0.2, 0.25) is 0 Å². The zero-order chi connectivity index (χ0) is 58.9. The maximum absolute atomic E-state index is 7.20. The fourth-order valence-electron chi connectivity index (χ4n) is 18.7. The van der Waals surface area contributed by atoms with Gasteiger partial charge in [0.15, 0.2) is 0 Å². The van der Waals surface area contributed by atoms with E-state index in [1.54, 1.807) is 0 Å². The van der Waals surface area contributed by atoms with Crippen molar-refractivity contribution >= 4 is 60.9 Å². The van der Waals surface area contributed by atoms with Crippen molar-refractivity contribution < 1.29 is 8.83 Å². The monoisotopic (exact) mass is 1130 g/mol. The number of rotatable bonds is 3. The number of furan rings is 2. The van der Waals surface area contributed by atoms with E-state index in [-0.39, 0.29) is 16.2 Å². The van der Waals surface area contributed by atoms with Crippen molar-refractivity contribution in [3.63, 3.8) is 0 Å². The van der Waals surface area contributed by atoms with Gasteiger partial charge < -0.3 is 13.7 Å². The van der Waals surface area contributed by atoms with Gasteiger partial charge in [-0.1, -0.05) is 213 Å². The van der Waals surface area contributed by atoms with E-state index in [0.29, 0.717) is 0 Å². The largest absolute Gasteiger partial charge is 0.456 e. The van der Waals surface area contributed by atoms with Crippen LogP contribution in [-0.4, -0.2) is 0 Å². The molecule has 6 aliphatic rings. The second-order valence-corrected chi connectivity index (χ2v) is 28.2. The van der Waals surface area contributed by atoms with Crippen LogP contribution in [-0.2, 0) is 27.1 Å². The molecule has 0 radical (unpaired) electrons. The highest BCUT2D eigenvalue weighted by Gasteiger charge is 2.53. The summed E-state index contributed by atoms with van der Waals surface area (Å²) in [6.45, 7) is 19.5. The quantitative estimate of drug-likeness (QED) is 0.177. The van der Waals surface area contributed by atoms with Gasteiger partial charge in [-0.2, -0.15) is 0 Å². The smallest absolute Gasteiger partial charge is 0.144 e. The van der Waals surface area contributed by atoms with E-state index in [2.05, 4.69) is 285 Å². The summed E-state index contributed by atoms with van der Waals surface area (Å²) < 4.78 is 13.8. The first-order valence-corrected chi connectivity index (χ1v) is 31.5. The van der Waals surface area contributed by atoms with Crippen molar-refractivity contribution in [2.45, 2.75) is 82.5 Å². The average molecular weight is 1130 g/mol. The van der Waals surface area contributed by atoms with Crippen molar-refractivity contribution in [3.8, 4) is 66.8 Å². The van der Waals surface area contributed by atoms with E-state index >= 15 is 0 Å². The first-order chi connectivity index (χ1) is 42.7. The third-order valence-electron chi connectivity index (χ3n) is 22.6. The van der Waals surface area contributed by atoms with Crippen LogP contribution < -0.4 is 4.90 Å². The summed E-state index contributed by atoms with van der Waals surface area (Å²) in [5.74, 6) is 0. The van der Waals surface area contributed by atoms with E-state index in [0.717, 1.165) is 39.4 Å². The molecule has 6 aliphatic carbocycles. The standard InChI is InChI=1S/C85H61NO2/c1-81(2)64-39-40-72-74(56-25-13-19-31-70(56)87-72)73(64)59-45-67-58(44-68(59)81)53-37-34-46(41-65(53)82(67,3)4)86(48-33-36-52-51-23-11-18-30-63(51)85(69(52)43-48)61-28-16-9-21-49(61)50-22-10-17-29-62(50)85)47-35-38-55-66(42-47)84(7,8)79-77(55)80-76(57-26-14-20-32-71(57)88-80)75-54-24-12-15-27-60(54)83(5,6)78(75)79/h9-45H,1-8H3. The Balaban J connectivity index is 0.820. The molecule has 2 aromatic heterocycles. The Morgan fingerprint density at radius 2 is 0.682 bits per heavy atom. The van der Waals surface area contributed by atoms with Crippen LogP contribution >= 0.6 is 0 Å². The maximum atomic E-state index is 7.20. The van der Waals surface area contributed by atoms with Crippen molar-refractivity contribution in [1.82, 2.24) is 0 Å². The first-order valence-electron chi connectivity index (χ1n) is 31.5. The second-order valence-electron chi connectivity index (χ2n) is 28.2. The lowest BCUT2D eigenvalue weighted by atomic mass is 9.70. The fraction of sp³-hybridized carbons (Fsp3) is 0.153. The highest BCUT2D eigenvalue weighted by molar-refractivity contribution is 6.21. The molecule has 0 saturated carbocycles. The lowest BCUT2D eigenvalue weighted by Gasteiger charge is -2.33. The Hall–Kier alpha value is -9.96. The van der Waals surface area contributed by atoms with Crippen LogP contribution in [0.25, 0.3) is 111 Å². The Labute approximate surface area is 512 Å². The summed E-state index contributed by atoms with van der Waals surface area (Å²) in [4.78, 5) is 2.59. The first kappa shape index (κ1) is 49.2. The molecule has 418 valence electrons. The Morgan fingerprint density at radius 3 is 1.32 bits per heavy atom. The van der Waals surface area contributed by atoms with E-state index in [9.17, 15) is 0 Å². The molecule has 0 N–H and O–H groups in total. The lowest BCUT2D eigenvalue weighted by Crippen LogP contribution is -2.26. The zero-order valence-electron chi connectivity index (χ0n) is 50.6. The molecule has 0 atom stereocenters. The molecule has 20 rings (SSSR count). The predicted molar refractivity (Wildman–Crippen MR) is 362 cm³/mol. The summed E-state index contributed by atoms with van der Waals surface area (Å²) in [5, 5.41) is 4.79. The summed E-state index contributed by atoms with van der Waals surface area (Å²) in [5.41, 5.74) is 37.3. The fourth-order valence-corrected chi connectivity index (χ4v) is 18.7. The van der Waals surface area contributed by atoms with E-state index in [1.807, 2.05) is 0 Å². The number of para-hydroxylation sites is 2. The van der Waals surface area contributed by atoms with E-state index in [1.165, 1.54) is 155 Å². The van der Waals surface area contributed by atoms with Crippen LogP contribution in [0.3, 0.4) is 0 Å². The van der Waals surface area contributed by atoms with Gasteiger partial charge in [-0.05, 0) is 195 Å². The normalized spacial score (nSPS) is 16.6. The molecule has 0 fully saturated rings. The molecule has 14 aromatic rings. The molecule has 0 bridgehead atoms. The van der Waals surface area contributed by atoms with Gasteiger partial charge in [0.1, 0.15) is 22.3 Å². The van der Waals surface area contributed by atoms with Gasteiger partial charge in [0, 0.05) is 65.8 Å². The number of nitrogens with zero attached hydrogens (tertiary/aromatic N) is 1. The van der Waals surface area contributed by atoms with Crippen molar-refractivity contribution in [2.24, 2.45) is 0 Å². The molecule has 2 heterocycles. The Kier molecular flexibility index (Phi) is 8.92. The molecule has 12 aromatic carbocycles. The number of anilines is 3.